The molecule has 13 heteroatoms. The summed E-state index contributed by atoms with van der Waals surface area (Å²) >= 11 is 0. The van der Waals surface area contributed by atoms with Gasteiger partial charge in [-0.2, -0.15) is 0 Å². The minimum atomic E-state index is -0.551. The van der Waals surface area contributed by atoms with Gasteiger partial charge in [0.15, 0.2) is 17.3 Å². The van der Waals surface area contributed by atoms with Crippen molar-refractivity contribution in [3.05, 3.63) is 55.2 Å². The summed E-state index contributed by atoms with van der Waals surface area (Å²) in [5.41, 5.74) is 2.87. The predicted molar refractivity (Wildman–Crippen MR) is 171 cm³/mol. The van der Waals surface area contributed by atoms with Crippen molar-refractivity contribution in [1.29, 1.82) is 0 Å². The van der Waals surface area contributed by atoms with E-state index in [0.717, 1.165) is 16.7 Å². The molecular weight excluding hydrogens is 574 g/mol. The zero-order valence-electron chi connectivity index (χ0n) is 26.3. The number of aryl methyl sites for hydroxylation is 1. The molecule has 2 N–H and O–H groups in total. The number of aromatic nitrogens is 6. The number of anilines is 3. The molecule has 6 rings (SSSR count). The standard InChI is InChI=1S/C32H37N9O4/c1-31(2,3)45-30(42)39-32(4)11-13-41(14-12-32)29-33-17-23-27(38-29)28(35-18-34-23)37-20-7-10-25(26(15-20)43-6)44-21-8-9-24-22(16-21)36-19-40(24)5/h7-10,15-19H,11-14H2,1-6H3,(H,39,42)(H,34,35,37). The van der Waals surface area contributed by atoms with E-state index in [-0.39, 0.29) is 5.54 Å². The van der Waals surface area contributed by atoms with Gasteiger partial charge in [-0.3, -0.25) is 0 Å². The second-order valence-electron chi connectivity index (χ2n) is 12.4. The van der Waals surface area contributed by atoms with Crippen molar-refractivity contribution in [2.75, 3.05) is 30.4 Å². The number of nitrogens with zero attached hydrogens (tertiary/aromatic N) is 7. The van der Waals surface area contributed by atoms with Crippen LogP contribution in [0, 0.1) is 0 Å². The monoisotopic (exact) mass is 611 g/mol. The second kappa shape index (κ2) is 11.7. The number of methoxy groups -OCH3 is 1. The topological polar surface area (TPSA) is 141 Å². The highest BCUT2D eigenvalue weighted by molar-refractivity contribution is 5.87. The van der Waals surface area contributed by atoms with Gasteiger partial charge in [0.25, 0.3) is 0 Å². The first-order valence-corrected chi connectivity index (χ1v) is 14.8. The van der Waals surface area contributed by atoms with E-state index in [9.17, 15) is 4.79 Å². The SMILES string of the molecule is COc1cc(Nc2ncnc3cnc(N4CCC(C)(NC(=O)OC(C)(C)C)CC4)nc23)ccc1Oc1ccc2c(c1)ncn2C. The summed E-state index contributed by atoms with van der Waals surface area (Å²) in [6.07, 6.45) is 5.98. The van der Waals surface area contributed by atoms with E-state index >= 15 is 0 Å². The van der Waals surface area contributed by atoms with Crippen molar-refractivity contribution >= 4 is 45.6 Å². The highest BCUT2D eigenvalue weighted by Crippen LogP contribution is 2.36. The van der Waals surface area contributed by atoms with Gasteiger partial charge in [0.1, 0.15) is 28.7 Å². The third-order valence-electron chi connectivity index (χ3n) is 7.67. The van der Waals surface area contributed by atoms with E-state index in [1.807, 2.05) is 75.7 Å². The highest BCUT2D eigenvalue weighted by atomic mass is 16.6. The van der Waals surface area contributed by atoms with Gasteiger partial charge >= 0.3 is 6.09 Å². The molecule has 1 aliphatic rings. The number of ether oxygens (including phenoxy) is 3. The molecule has 0 spiro atoms. The van der Waals surface area contributed by atoms with Crippen LogP contribution in [0.4, 0.5) is 22.2 Å². The highest BCUT2D eigenvalue weighted by Gasteiger charge is 2.34. The molecule has 0 radical (unpaired) electrons. The van der Waals surface area contributed by atoms with Crippen LogP contribution in [0.3, 0.4) is 0 Å². The van der Waals surface area contributed by atoms with Gasteiger partial charge in [-0.1, -0.05) is 0 Å². The van der Waals surface area contributed by atoms with Crippen LogP contribution < -0.4 is 25.0 Å². The lowest BCUT2D eigenvalue weighted by molar-refractivity contribution is 0.0448. The molecule has 1 saturated heterocycles. The van der Waals surface area contributed by atoms with Crippen LogP contribution in [0.15, 0.2) is 55.2 Å². The minimum absolute atomic E-state index is 0.383. The van der Waals surface area contributed by atoms with E-state index in [2.05, 4.69) is 35.5 Å². The number of fused-ring (bicyclic) bond motifs is 2. The summed E-state index contributed by atoms with van der Waals surface area (Å²) in [4.78, 5) is 37.2. The maximum absolute atomic E-state index is 12.4. The lowest BCUT2D eigenvalue weighted by Crippen LogP contribution is -2.54. The summed E-state index contributed by atoms with van der Waals surface area (Å²) in [7, 11) is 3.55. The third kappa shape index (κ3) is 6.66. The normalized spacial score (nSPS) is 14.8. The molecule has 0 unspecified atom stereocenters. The molecule has 1 fully saturated rings. The zero-order chi connectivity index (χ0) is 31.8. The average molecular weight is 612 g/mol. The zero-order valence-corrected chi connectivity index (χ0v) is 26.3. The quantitative estimate of drug-likeness (QED) is 0.233. The molecule has 2 aromatic carbocycles. The first-order chi connectivity index (χ1) is 21.5. The Morgan fingerprint density at radius 2 is 1.78 bits per heavy atom. The lowest BCUT2D eigenvalue weighted by atomic mass is 9.90. The number of imidazole rings is 1. The molecule has 13 nitrogen and oxygen atoms in total. The first kappa shape index (κ1) is 29.9. The molecular formula is C32H37N9O4. The van der Waals surface area contributed by atoms with Gasteiger partial charge in [-0.05, 0) is 64.8 Å². The van der Waals surface area contributed by atoms with Crippen LogP contribution in [-0.2, 0) is 11.8 Å². The summed E-state index contributed by atoms with van der Waals surface area (Å²) in [6, 6.07) is 11.3. The van der Waals surface area contributed by atoms with Crippen LogP contribution in [0.5, 0.6) is 17.2 Å². The van der Waals surface area contributed by atoms with Gasteiger partial charge in [0.2, 0.25) is 5.95 Å². The van der Waals surface area contributed by atoms with E-state index in [1.54, 1.807) is 19.6 Å². The molecule has 0 atom stereocenters. The van der Waals surface area contributed by atoms with E-state index < -0.39 is 11.7 Å². The minimum Gasteiger partial charge on any atom is -0.493 e. The van der Waals surface area contributed by atoms with Gasteiger partial charge in [-0.25, -0.2) is 29.7 Å². The van der Waals surface area contributed by atoms with E-state index in [0.29, 0.717) is 66.0 Å². The number of hydrogen-bond donors (Lipinski definition) is 2. The molecule has 4 heterocycles. The Bertz CT molecular complexity index is 1860. The number of carbonyl (C=O) groups is 1. The average Bonchev–Trinajstić information content (AvgIpc) is 3.36. The van der Waals surface area contributed by atoms with Crippen molar-refractivity contribution in [2.45, 2.75) is 51.7 Å². The van der Waals surface area contributed by atoms with Gasteiger partial charge in [-0.15, -0.1) is 0 Å². The predicted octanol–water partition coefficient (Wildman–Crippen LogP) is 5.73. The molecule has 45 heavy (non-hydrogen) atoms. The summed E-state index contributed by atoms with van der Waals surface area (Å²) in [5, 5.41) is 6.40. The Labute approximate surface area is 261 Å². The number of piperidine rings is 1. The fourth-order valence-electron chi connectivity index (χ4n) is 5.24. The second-order valence-corrected chi connectivity index (χ2v) is 12.4. The van der Waals surface area contributed by atoms with Crippen molar-refractivity contribution in [2.24, 2.45) is 7.05 Å². The van der Waals surface area contributed by atoms with Crippen LogP contribution in [-0.4, -0.2) is 66.9 Å². The van der Waals surface area contributed by atoms with Crippen LogP contribution in [0.25, 0.3) is 22.1 Å². The van der Waals surface area contributed by atoms with Gasteiger partial charge in [0.05, 0.1) is 30.7 Å². The maximum atomic E-state index is 12.4. The van der Waals surface area contributed by atoms with Gasteiger partial charge in [0, 0.05) is 43.5 Å². The Morgan fingerprint density at radius 1 is 0.978 bits per heavy atom. The summed E-state index contributed by atoms with van der Waals surface area (Å²) < 4.78 is 19.2. The number of alkyl carbamates (subject to hydrolysis) is 1. The Morgan fingerprint density at radius 3 is 2.53 bits per heavy atom. The Balaban J connectivity index is 1.17. The largest absolute Gasteiger partial charge is 0.493 e. The molecule has 1 amide bonds. The van der Waals surface area contributed by atoms with Crippen LogP contribution in [0.2, 0.25) is 0 Å². The molecule has 0 saturated carbocycles. The maximum Gasteiger partial charge on any atom is 0.408 e. The fraction of sp³-hybridized carbons (Fsp3) is 0.375. The number of nitrogens with one attached hydrogen (secondary N) is 2. The molecule has 0 aliphatic carbocycles. The van der Waals surface area contributed by atoms with Crippen molar-refractivity contribution < 1.29 is 19.0 Å². The number of rotatable bonds is 7. The van der Waals surface area contributed by atoms with Crippen LogP contribution >= 0.6 is 0 Å². The molecule has 3 aromatic heterocycles. The summed E-state index contributed by atoms with van der Waals surface area (Å²) in [5.74, 6) is 2.88. The lowest BCUT2D eigenvalue weighted by Gasteiger charge is -2.40. The molecule has 0 bridgehead atoms. The fourth-order valence-corrected chi connectivity index (χ4v) is 5.24. The number of amides is 1. The van der Waals surface area contributed by atoms with E-state index in [4.69, 9.17) is 19.2 Å². The number of benzene rings is 2. The van der Waals surface area contributed by atoms with Crippen molar-refractivity contribution in [1.82, 2.24) is 34.8 Å². The van der Waals surface area contributed by atoms with Crippen LogP contribution in [0.1, 0.15) is 40.5 Å². The number of hydrogen-bond acceptors (Lipinski definition) is 11. The van der Waals surface area contributed by atoms with Crippen molar-refractivity contribution in [3.63, 3.8) is 0 Å². The Hall–Kier alpha value is -5.20. The number of carbonyl (C=O) groups excluding carboxylic acids is 1. The summed E-state index contributed by atoms with van der Waals surface area (Å²) in [6.45, 7) is 8.93. The first-order valence-electron chi connectivity index (χ1n) is 14.8. The molecule has 234 valence electrons. The third-order valence-corrected chi connectivity index (χ3v) is 7.67. The van der Waals surface area contributed by atoms with Crippen molar-refractivity contribution in [3.8, 4) is 17.2 Å². The van der Waals surface area contributed by atoms with E-state index in [1.165, 1.54) is 6.33 Å². The smallest absolute Gasteiger partial charge is 0.408 e. The van der Waals surface area contributed by atoms with Gasteiger partial charge < -0.3 is 34.3 Å². The molecule has 1 aliphatic heterocycles. The molecule has 5 aromatic rings. The Kier molecular flexibility index (Phi) is 7.77.